The van der Waals surface area contributed by atoms with Crippen LogP contribution in [0.25, 0.3) is 0 Å². The van der Waals surface area contributed by atoms with Crippen molar-refractivity contribution in [1.82, 2.24) is 0 Å². The molecule has 0 spiro atoms. The molecule has 2 aromatic rings. The van der Waals surface area contributed by atoms with Crippen LogP contribution < -0.4 is 0 Å². The van der Waals surface area contributed by atoms with Crippen molar-refractivity contribution in [3.8, 4) is 0 Å². The second-order valence-corrected chi connectivity index (χ2v) is 9.31. The summed E-state index contributed by atoms with van der Waals surface area (Å²) in [5, 5.41) is -0.614. The number of hydrogen-bond donors (Lipinski definition) is 0. The summed E-state index contributed by atoms with van der Waals surface area (Å²) in [4.78, 5) is 0. The van der Waals surface area contributed by atoms with E-state index in [-0.39, 0.29) is 23.5 Å². The lowest BCUT2D eigenvalue weighted by Gasteiger charge is -2.29. The Morgan fingerprint density at radius 2 is 1.35 bits per heavy atom. The molecule has 5 heteroatoms. The first-order valence-corrected chi connectivity index (χ1v) is 11.9. The molecule has 1 aliphatic rings. The molecule has 0 heterocycles. The van der Waals surface area contributed by atoms with Gasteiger partial charge in [0.1, 0.15) is 28.3 Å². The highest BCUT2D eigenvalue weighted by atomic mass is 35.5. The molecule has 170 valence electrons. The highest BCUT2D eigenvalue weighted by molar-refractivity contribution is 6.30. The topological polar surface area (TPSA) is 0 Å². The van der Waals surface area contributed by atoms with Crippen molar-refractivity contribution >= 4 is 11.6 Å². The highest BCUT2D eigenvalue weighted by Gasteiger charge is 2.24. The third-order valence-corrected chi connectivity index (χ3v) is 6.98. The van der Waals surface area contributed by atoms with E-state index in [2.05, 4.69) is 6.92 Å². The van der Waals surface area contributed by atoms with E-state index in [0.717, 1.165) is 43.7 Å². The second-order valence-electron chi connectivity index (χ2n) is 8.93. The normalized spacial score (nSPS) is 19.0. The molecule has 0 aromatic heterocycles. The molecule has 2 aromatic carbocycles. The predicted octanol–water partition coefficient (Wildman–Crippen LogP) is 9.12. The smallest absolute Gasteiger partial charge is 0.145 e. The number of halogens is 5. The Balaban J connectivity index is 1.60. The quantitative estimate of drug-likeness (QED) is 0.201. The minimum Gasteiger partial charge on any atom is -0.207 e. The summed E-state index contributed by atoms with van der Waals surface area (Å²) in [5.74, 6) is -2.30. The molecule has 0 bridgehead atoms. The van der Waals surface area contributed by atoms with Crippen LogP contribution in [0.5, 0.6) is 0 Å². The Bertz CT molecular complexity index is 826. The average molecular weight is 455 g/mol. The molecular formula is C26H31ClF4. The van der Waals surface area contributed by atoms with E-state index in [4.69, 9.17) is 11.6 Å². The van der Waals surface area contributed by atoms with Crippen LogP contribution >= 0.6 is 11.6 Å². The van der Waals surface area contributed by atoms with Crippen LogP contribution in [0.4, 0.5) is 17.6 Å². The summed E-state index contributed by atoms with van der Waals surface area (Å²) in [5.41, 5.74) is 0.656. The molecule has 0 atom stereocenters. The molecule has 0 unspecified atom stereocenters. The Labute approximate surface area is 188 Å². The Morgan fingerprint density at radius 1 is 0.774 bits per heavy atom. The van der Waals surface area contributed by atoms with Gasteiger partial charge in [-0.3, -0.25) is 0 Å². The van der Waals surface area contributed by atoms with Crippen LogP contribution in [-0.2, 0) is 6.42 Å². The third-order valence-electron chi connectivity index (χ3n) is 6.62. The van der Waals surface area contributed by atoms with Crippen molar-refractivity contribution in [2.45, 2.75) is 83.5 Å². The minimum absolute atomic E-state index is 0.143. The predicted molar refractivity (Wildman–Crippen MR) is 119 cm³/mol. The Morgan fingerprint density at radius 3 is 1.94 bits per heavy atom. The molecule has 0 amide bonds. The molecule has 0 aliphatic heterocycles. The molecule has 0 radical (unpaired) electrons. The fraction of sp³-hybridized carbons (Fsp3) is 0.538. The van der Waals surface area contributed by atoms with Gasteiger partial charge in [-0.15, -0.1) is 0 Å². The zero-order valence-corrected chi connectivity index (χ0v) is 18.9. The summed E-state index contributed by atoms with van der Waals surface area (Å²) < 4.78 is 56.8. The molecule has 0 saturated heterocycles. The van der Waals surface area contributed by atoms with E-state index in [0.29, 0.717) is 5.56 Å². The van der Waals surface area contributed by atoms with Gasteiger partial charge in [0.25, 0.3) is 0 Å². The largest absolute Gasteiger partial charge is 0.207 e. The van der Waals surface area contributed by atoms with Crippen LogP contribution in [0.2, 0.25) is 5.02 Å². The number of rotatable bonds is 9. The molecule has 0 nitrogen and oxygen atoms in total. The van der Waals surface area contributed by atoms with E-state index in [1.165, 1.54) is 50.7 Å². The lowest BCUT2D eigenvalue weighted by molar-refractivity contribution is 0.301. The van der Waals surface area contributed by atoms with Gasteiger partial charge in [0, 0.05) is 12.0 Å². The zero-order chi connectivity index (χ0) is 22.4. The van der Waals surface area contributed by atoms with E-state index < -0.39 is 28.3 Å². The number of benzene rings is 2. The van der Waals surface area contributed by atoms with Crippen LogP contribution in [0.1, 0.15) is 93.7 Å². The van der Waals surface area contributed by atoms with Crippen LogP contribution in [0.15, 0.2) is 24.3 Å². The lowest BCUT2D eigenvalue weighted by Crippen LogP contribution is -2.14. The summed E-state index contributed by atoms with van der Waals surface area (Å²) in [6.45, 7) is 2.22. The standard InChI is InChI=1S/C26H31ClF4/c1-2-3-4-5-6-7-17-8-10-19(11-9-17)20-15-22(28)21(23(29)16-20)12-18-13-24(30)26(27)25(31)14-18/h13-17,19H,2-12H2,1H3. The van der Waals surface area contributed by atoms with Gasteiger partial charge < -0.3 is 0 Å². The van der Waals surface area contributed by atoms with E-state index >= 15 is 0 Å². The van der Waals surface area contributed by atoms with Crippen molar-refractivity contribution in [3.63, 3.8) is 0 Å². The maximum absolute atomic E-state index is 14.7. The van der Waals surface area contributed by atoms with Crippen LogP contribution in [0, 0.1) is 29.2 Å². The molecular weight excluding hydrogens is 424 g/mol. The first kappa shape index (κ1) is 24.1. The zero-order valence-electron chi connectivity index (χ0n) is 18.1. The van der Waals surface area contributed by atoms with E-state index in [9.17, 15) is 17.6 Å². The molecule has 0 N–H and O–H groups in total. The minimum atomic E-state index is -0.934. The van der Waals surface area contributed by atoms with Gasteiger partial charge in [-0.2, -0.15) is 0 Å². The van der Waals surface area contributed by atoms with Gasteiger partial charge in [-0.1, -0.05) is 57.0 Å². The molecule has 3 rings (SSSR count). The van der Waals surface area contributed by atoms with Gasteiger partial charge >= 0.3 is 0 Å². The summed E-state index contributed by atoms with van der Waals surface area (Å²) in [7, 11) is 0. The van der Waals surface area contributed by atoms with Gasteiger partial charge in [0.15, 0.2) is 0 Å². The SMILES string of the molecule is CCCCCCCC1CCC(c2cc(F)c(Cc3cc(F)c(Cl)c(F)c3)c(F)c2)CC1. The van der Waals surface area contributed by atoms with Crippen LogP contribution in [-0.4, -0.2) is 0 Å². The van der Waals surface area contributed by atoms with E-state index in [1.54, 1.807) is 0 Å². The van der Waals surface area contributed by atoms with Crippen molar-refractivity contribution in [1.29, 1.82) is 0 Å². The third kappa shape index (κ3) is 6.47. The van der Waals surface area contributed by atoms with Gasteiger partial charge in [-0.25, -0.2) is 17.6 Å². The maximum Gasteiger partial charge on any atom is 0.145 e. The monoisotopic (exact) mass is 454 g/mol. The first-order valence-electron chi connectivity index (χ1n) is 11.5. The number of hydrogen-bond acceptors (Lipinski definition) is 0. The van der Waals surface area contributed by atoms with Gasteiger partial charge in [-0.05, 0) is 72.9 Å². The van der Waals surface area contributed by atoms with Crippen molar-refractivity contribution < 1.29 is 17.6 Å². The van der Waals surface area contributed by atoms with Crippen molar-refractivity contribution in [2.75, 3.05) is 0 Å². The summed E-state index contributed by atoms with van der Waals surface area (Å²) in [6, 6.07) is 4.83. The molecule has 1 fully saturated rings. The maximum atomic E-state index is 14.7. The van der Waals surface area contributed by atoms with Crippen molar-refractivity contribution in [3.05, 3.63) is 69.2 Å². The number of unbranched alkanes of at least 4 members (excludes halogenated alkanes) is 4. The highest BCUT2D eigenvalue weighted by Crippen LogP contribution is 2.39. The Hall–Kier alpha value is -1.55. The molecule has 1 saturated carbocycles. The van der Waals surface area contributed by atoms with Gasteiger partial charge in [0.2, 0.25) is 0 Å². The van der Waals surface area contributed by atoms with E-state index in [1.807, 2.05) is 0 Å². The lowest BCUT2D eigenvalue weighted by atomic mass is 9.76. The van der Waals surface area contributed by atoms with Crippen LogP contribution in [0.3, 0.4) is 0 Å². The van der Waals surface area contributed by atoms with Crippen molar-refractivity contribution in [2.24, 2.45) is 5.92 Å². The summed E-state index contributed by atoms with van der Waals surface area (Å²) in [6.07, 6.45) is 11.6. The fourth-order valence-electron chi connectivity index (χ4n) is 4.76. The first-order chi connectivity index (χ1) is 14.9. The fourth-order valence-corrected chi connectivity index (χ4v) is 4.87. The Kier molecular flexibility index (Phi) is 8.83. The van der Waals surface area contributed by atoms with Gasteiger partial charge in [0.05, 0.1) is 0 Å². The average Bonchev–Trinajstić information content (AvgIpc) is 2.74. The molecule has 1 aliphatic carbocycles. The second kappa shape index (κ2) is 11.4. The molecule has 31 heavy (non-hydrogen) atoms. The summed E-state index contributed by atoms with van der Waals surface area (Å²) >= 11 is 5.48.